The molecule has 1 amide bonds. The number of hydrogen-bond donors (Lipinski definition) is 3. The Morgan fingerprint density at radius 2 is 1.77 bits per heavy atom. The number of nitrogens with two attached hydrogens (primary N) is 1. The predicted molar refractivity (Wildman–Crippen MR) is 112 cm³/mol. The molecular formula is C21H20F3N5O2. The number of carbonyl (C=O) groups excluding carboxylic acids is 1. The van der Waals surface area contributed by atoms with E-state index in [1.807, 2.05) is 13.8 Å². The number of anilines is 3. The number of nitrogen functional groups attached to an aromatic ring is 1. The largest absolute Gasteiger partial charge is 0.573 e. The Bertz CT molecular complexity index is 1070. The van der Waals surface area contributed by atoms with Crippen molar-refractivity contribution in [2.45, 2.75) is 26.3 Å². The van der Waals surface area contributed by atoms with Crippen molar-refractivity contribution < 1.29 is 22.7 Å². The molecule has 3 rings (SSSR count). The van der Waals surface area contributed by atoms with Crippen molar-refractivity contribution in [1.29, 1.82) is 0 Å². The van der Waals surface area contributed by atoms with E-state index in [1.54, 1.807) is 30.3 Å². The van der Waals surface area contributed by atoms with Gasteiger partial charge in [-0.25, -0.2) is 4.98 Å². The molecule has 1 aromatic heterocycles. The van der Waals surface area contributed by atoms with Crippen LogP contribution < -0.4 is 21.1 Å². The highest BCUT2D eigenvalue weighted by atomic mass is 19.4. The molecule has 2 aromatic carbocycles. The van der Waals surface area contributed by atoms with Crippen molar-refractivity contribution in [2.75, 3.05) is 16.4 Å². The Hall–Kier alpha value is -3.82. The number of nitrogens with zero attached hydrogens (tertiary/aromatic N) is 2. The minimum Gasteiger partial charge on any atom is -0.406 e. The van der Waals surface area contributed by atoms with Crippen LogP contribution >= 0.6 is 0 Å². The summed E-state index contributed by atoms with van der Waals surface area (Å²) < 4.78 is 41.7. The van der Waals surface area contributed by atoms with E-state index in [2.05, 4.69) is 25.3 Å². The zero-order valence-corrected chi connectivity index (χ0v) is 16.7. The molecule has 0 saturated carbocycles. The van der Waals surface area contributed by atoms with Crippen LogP contribution in [0.1, 0.15) is 24.2 Å². The first-order chi connectivity index (χ1) is 14.6. The molecule has 0 aliphatic heterocycles. The van der Waals surface area contributed by atoms with Gasteiger partial charge in [0.1, 0.15) is 11.6 Å². The number of aromatic nitrogens is 2. The van der Waals surface area contributed by atoms with Gasteiger partial charge in [0.2, 0.25) is 5.95 Å². The van der Waals surface area contributed by atoms with E-state index in [4.69, 9.17) is 5.73 Å². The summed E-state index contributed by atoms with van der Waals surface area (Å²) in [6.45, 7) is 3.75. The molecule has 0 bridgehead atoms. The first kappa shape index (κ1) is 21.9. The summed E-state index contributed by atoms with van der Waals surface area (Å²) >= 11 is 0. The summed E-state index contributed by atoms with van der Waals surface area (Å²) in [5.74, 6) is -0.414. The highest BCUT2D eigenvalue weighted by Crippen LogP contribution is 2.28. The fraction of sp³-hybridized carbons (Fsp3) is 0.190. The van der Waals surface area contributed by atoms with Crippen LogP contribution in [-0.4, -0.2) is 28.3 Å². The molecule has 3 aromatic rings. The number of hydrogen-bond acceptors (Lipinski definition) is 6. The highest BCUT2D eigenvalue weighted by molar-refractivity contribution is 6.04. The Morgan fingerprint density at radius 1 is 1.06 bits per heavy atom. The summed E-state index contributed by atoms with van der Waals surface area (Å²) in [4.78, 5) is 21.2. The maximum absolute atomic E-state index is 12.6. The van der Waals surface area contributed by atoms with E-state index in [1.165, 1.54) is 24.3 Å². The predicted octanol–water partition coefficient (Wildman–Crippen LogP) is 4.70. The van der Waals surface area contributed by atoms with Gasteiger partial charge in [0.15, 0.2) is 0 Å². The van der Waals surface area contributed by atoms with E-state index in [0.717, 1.165) is 0 Å². The molecule has 10 heteroatoms. The first-order valence-electron chi connectivity index (χ1n) is 9.28. The number of benzene rings is 2. The van der Waals surface area contributed by atoms with E-state index >= 15 is 0 Å². The van der Waals surface area contributed by atoms with Gasteiger partial charge in [0, 0.05) is 28.9 Å². The van der Waals surface area contributed by atoms with E-state index in [9.17, 15) is 18.0 Å². The van der Waals surface area contributed by atoms with Crippen LogP contribution in [0.2, 0.25) is 0 Å². The zero-order chi connectivity index (χ0) is 22.6. The molecule has 1 heterocycles. The van der Waals surface area contributed by atoms with Crippen LogP contribution in [0.3, 0.4) is 0 Å². The Morgan fingerprint density at radius 3 is 2.42 bits per heavy atom. The molecule has 0 aliphatic carbocycles. The van der Waals surface area contributed by atoms with Crippen LogP contribution in [0.15, 0.2) is 54.6 Å². The smallest absolute Gasteiger partial charge is 0.406 e. The topological polar surface area (TPSA) is 102 Å². The number of halogens is 3. The van der Waals surface area contributed by atoms with Gasteiger partial charge in [-0.3, -0.25) is 4.79 Å². The second-order valence-corrected chi connectivity index (χ2v) is 6.91. The van der Waals surface area contributed by atoms with Crippen molar-refractivity contribution in [1.82, 2.24) is 9.97 Å². The molecule has 162 valence electrons. The highest BCUT2D eigenvalue weighted by Gasteiger charge is 2.31. The van der Waals surface area contributed by atoms with Crippen LogP contribution in [0, 0.1) is 0 Å². The molecule has 0 spiro atoms. The van der Waals surface area contributed by atoms with Gasteiger partial charge >= 0.3 is 6.36 Å². The number of carbonyl (C=O) groups is 1. The van der Waals surface area contributed by atoms with E-state index < -0.39 is 12.3 Å². The van der Waals surface area contributed by atoms with Crippen LogP contribution in [0.4, 0.5) is 30.6 Å². The monoisotopic (exact) mass is 431 g/mol. The molecule has 0 atom stereocenters. The lowest BCUT2D eigenvalue weighted by molar-refractivity contribution is -0.274. The molecule has 0 fully saturated rings. The van der Waals surface area contributed by atoms with Crippen molar-refractivity contribution >= 4 is 23.4 Å². The zero-order valence-electron chi connectivity index (χ0n) is 16.7. The lowest BCUT2D eigenvalue weighted by atomic mass is 10.1. The molecule has 0 saturated heterocycles. The summed E-state index contributed by atoms with van der Waals surface area (Å²) in [5.41, 5.74) is 7.19. The average molecular weight is 431 g/mol. The molecule has 0 aliphatic rings. The van der Waals surface area contributed by atoms with Crippen LogP contribution in [-0.2, 0) is 0 Å². The van der Waals surface area contributed by atoms with Gasteiger partial charge in [-0.15, -0.1) is 13.2 Å². The minimum absolute atomic E-state index is 0.0178. The average Bonchev–Trinajstić information content (AvgIpc) is 2.66. The van der Waals surface area contributed by atoms with Gasteiger partial charge in [-0.1, -0.05) is 12.1 Å². The molecular weight excluding hydrogens is 411 g/mol. The number of rotatable bonds is 6. The standard InChI is InChI=1S/C21H20F3N5O2/c1-12(2)26-20-27-17(14-4-3-5-16(10-14)31-21(22,23)24)11-18(29-20)28-19(30)13-6-8-15(25)9-7-13/h3-12H,25H2,1-2H3,(H2,26,27,28,29,30). The van der Waals surface area contributed by atoms with Crippen molar-refractivity contribution in [3.8, 4) is 17.0 Å². The molecule has 7 nitrogen and oxygen atoms in total. The first-order valence-corrected chi connectivity index (χ1v) is 9.28. The third kappa shape index (κ3) is 6.33. The fourth-order valence-electron chi connectivity index (χ4n) is 2.66. The number of alkyl halides is 3. The Labute approximate surface area is 176 Å². The quantitative estimate of drug-likeness (QED) is 0.489. The normalized spacial score (nSPS) is 11.3. The third-order valence-corrected chi connectivity index (χ3v) is 3.92. The second kappa shape index (κ2) is 8.90. The third-order valence-electron chi connectivity index (χ3n) is 3.92. The summed E-state index contributed by atoms with van der Waals surface area (Å²) in [7, 11) is 0. The van der Waals surface area contributed by atoms with Gasteiger partial charge in [0.25, 0.3) is 5.91 Å². The summed E-state index contributed by atoms with van der Waals surface area (Å²) in [6, 6.07) is 13.2. The fourth-order valence-corrected chi connectivity index (χ4v) is 2.66. The molecule has 4 N–H and O–H groups in total. The SMILES string of the molecule is CC(C)Nc1nc(NC(=O)c2ccc(N)cc2)cc(-c2cccc(OC(F)(F)F)c2)n1. The van der Waals surface area contributed by atoms with Gasteiger partial charge < -0.3 is 21.1 Å². The Balaban J connectivity index is 1.94. The number of nitrogens with one attached hydrogen (secondary N) is 2. The maximum Gasteiger partial charge on any atom is 0.573 e. The van der Waals surface area contributed by atoms with Gasteiger partial charge in [-0.05, 0) is 50.2 Å². The van der Waals surface area contributed by atoms with Crippen molar-refractivity contribution in [2.24, 2.45) is 0 Å². The van der Waals surface area contributed by atoms with E-state index in [0.29, 0.717) is 22.5 Å². The number of ether oxygens (including phenoxy) is 1. The molecule has 31 heavy (non-hydrogen) atoms. The maximum atomic E-state index is 12.6. The second-order valence-electron chi connectivity index (χ2n) is 6.91. The lowest BCUT2D eigenvalue weighted by Gasteiger charge is -2.14. The van der Waals surface area contributed by atoms with Crippen molar-refractivity contribution in [3.05, 3.63) is 60.2 Å². The van der Waals surface area contributed by atoms with E-state index in [-0.39, 0.29) is 23.6 Å². The van der Waals surface area contributed by atoms with Gasteiger partial charge in [0.05, 0.1) is 5.69 Å². The van der Waals surface area contributed by atoms with Crippen molar-refractivity contribution in [3.63, 3.8) is 0 Å². The van der Waals surface area contributed by atoms with Gasteiger partial charge in [-0.2, -0.15) is 4.98 Å². The summed E-state index contributed by atoms with van der Waals surface area (Å²) in [6.07, 6.45) is -4.81. The Kier molecular flexibility index (Phi) is 6.28. The van der Waals surface area contributed by atoms with Crippen LogP contribution in [0.25, 0.3) is 11.3 Å². The molecule has 0 radical (unpaired) electrons. The minimum atomic E-state index is -4.81. The lowest BCUT2D eigenvalue weighted by Crippen LogP contribution is -2.17. The number of amides is 1. The molecule has 0 unspecified atom stereocenters. The van der Waals surface area contributed by atoms with Crippen LogP contribution in [0.5, 0.6) is 5.75 Å². The summed E-state index contributed by atoms with van der Waals surface area (Å²) in [5, 5.41) is 5.70.